The molecule has 4 heteroatoms. The predicted octanol–water partition coefficient (Wildman–Crippen LogP) is 1.64. The Morgan fingerprint density at radius 3 is 3.08 bits per heavy atom. The van der Waals surface area contributed by atoms with Gasteiger partial charge in [-0.3, -0.25) is 5.10 Å². The maximum atomic E-state index is 5.47. The number of anilines is 1. The minimum Gasteiger partial charge on any atom is -0.382 e. The van der Waals surface area contributed by atoms with Crippen LogP contribution < -0.4 is 5.73 Å². The minimum atomic E-state index is 0.557. The average Bonchev–Trinajstić information content (AvgIpc) is 2.63. The molecule has 0 radical (unpaired) electrons. The van der Waals surface area contributed by atoms with Gasteiger partial charge in [0, 0.05) is 23.1 Å². The quantitative estimate of drug-likeness (QED) is 0.736. The van der Waals surface area contributed by atoms with Gasteiger partial charge in [0.15, 0.2) is 0 Å². The zero-order chi connectivity index (χ0) is 8.39. The maximum absolute atomic E-state index is 5.47. The highest BCUT2D eigenvalue weighted by molar-refractivity contribution is 7.09. The Morgan fingerprint density at radius 1 is 1.58 bits per heavy atom. The Kier molecular flexibility index (Phi) is 1.83. The molecule has 12 heavy (non-hydrogen) atoms. The second kappa shape index (κ2) is 2.98. The summed E-state index contributed by atoms with van der Waals surface area (Å²) in [6, 6.07) is 6.00. The fourth-order valence-electron chi connectivity index (χ4n) is 1.07. The monoisotopic (exact) mass is 179 g/mol. The van der Waals surface area contributed by atoms with Gasteiger partial charge in [-0.15, -0.1) is 11.3 Å². The lowest BCUT2D eigenvalue weighted by Gasteiger charge is -1.90. The third-order valence-corrected chi connectivity index (χ3v) is 2.47. The van der Waals surface area contributed by atoms with Crippen molar-refractivity contribution in [1.82, 2.24) is 10.2 Å². The topological polar surface area (TPSA) is 54.7 Å². The van der Waals surface area contributed by atoms with Crippen LogP contribution in [0.5, 0.6) is 0 Å². The molecule has 0 bridgehead atoms. The van der Waals surface area contributed by atoms with Crippen molar-refractivity contribution in [2.24, 2.45) is 0 Å². The molecule has 0 saturated carbocycles. The summed E-state index contributed by atoms with van der Waals surface area (Å²) in [4.78, 5) is 1.32. The SMILES string of the molecule is Nc1cc(Cc2cccs2)[nH]n1. The largest absolute Gasteiger partial charge is 0.382 e. The number of hydrogen-bond donors (Lipinski definition) is 2. The number of nitrogen functional groups attached to an aromatic ring is 1. The number of aromatic nitrogens is 2. The fraction of sp³-hybridized carbons (Fsp3) is 0.125. The molecule has 2 aromatic rings. The number of rotatable bonds is 2. The third-order valence-electron chi connectivity index (χ3n) is 1.60. The molecule has 0 aromatic carbocycles. The van der Waals surface area contributed by atoms with Crippen LogP contribution in [0.15, 0.2) is 23.6 Å². The Bertz CT molecular complexity index is 350. The lowest BCUT2D eigenvalue weighted by molar-refractivity contribution is 1.01. The van der Waals surface area contributed by atoms with E-state index in [2.05, 4.69) is 21.6 Å². The Hall–Kier alpha value is -1.29. The molecule has 0 aliphatic carbocycles. The van der Waals surface area contributed by atoms with Gasteiger partial charge >= 0.3 is 0 Å². The molecule has 2 heterocycles. The standard InChI is InChI=1S/C8H9N3S/c9-8-5-6(10-11-8)4-7-2-1-3-12-7/h1-3,5H,4H2,(H3,9,10,11). The van der Waals surface area contributed by atoms with Crippen LogP contribution in [0.4, 0.5) is 5.82 Å². The molecule has 3 N–H and O–H groups in total. The molecular weight excluding hydrogens is 170 g/mol. The molecule has 2 aromatic heterocycles. The molecule has 0 atom stereocenters. The van der Waals surface area contributed by atoms with Crippen molar-refractivity contribution < 1.29 is 0 Å². The summed E-state index contributed by atoms with van der Waals surface area (Å²) in [5, 5.41) is 8.79. The van der Waals surface area contributed by atoms with Crippen molar-refractivity contribution in [2.45, 2.75) is 6.42 Å². The van der Waals surface area contributed by atoms with Crippen molar-refractivity contribution in [2.75, 3.05) is 5.73 Å². The molecule has 0 spiro atoms. The Morgan fingerprint density at radius 2 is 2.50 bits per heavy atom. The molecule has 0 aliphatic rings. The van der Waals surface area contributed by atoms with E-state index in [0.29, 0.717) is 5.82 Å². The first kappa shape index (κ1) is 7.36. The molecule has 0 unspecified atom stereocenters. The summed E-state index contributed by atoms with van der Waals surface area (Å²) in [5.74, 6) is 0.557. The van der Waals surface area contributed by atoms with Crippen molar-refractivity contribution in [3.63, 3.8) is 0 Å². The highest BCUT2D eigenvalue weighted by atomic mass is 32.1. The summed E-state index contributed by atoms with van der Waals surface area (Å²) in [6.45, 7) is 0. The average molecular weight is 179 g/mol. The number of thiophene rings is 1. The fourth-order valence-corrected chi connectivity index (χ4v) is 1.80. The van der Waals surface area contributed by atoms with Crippen LogP contribution in [0.3, 0.4) is 0 Å². The highest BCUT2D eigenvalue weighted by Crippen LogP contribution is 2.13. The molecule has 0 fully saturated rings. The van der Waals surface area contributed by atoms with Gasteiger partial charge in [0.2, 0.25) is 0 Å². The smallest absolute Gasteiger partial charge is 0.145 e. The van der Waals surface area contributed by atoms with Gasteiger partial charge in [0.25, 0.3) is 0 Å². The van der Waals surface area contributed by atoms with E-state index in [4.69, 9.17) is 5.73 Å². The summed E-state index contributed by atoms with van der Waals surface area (Å²) >= 11 is 1.74. The van der Waals surface area contributed by atoms with E-state index >= 15 is 0 Å². The molecule has 3 nitrogen and oxygen atoms in total. The summed E-state index contributed by atoms with van der Waals surface area (Å²) in [5.41, 5.74) is 6.53. The minimum absolute atomic E-state index is 0.557. The van der Waals surface area contributed by atoms with Crippen LogP contribution in [0.2, 0.25) is 0 Å². The van der Waals surface area contributed by atoms with E-state index < -0.39 is 0 Å². The number of nitrogens with zero attached hydrogens (tertiary/aromatic N) is 1. The summed E-state index contributed by atoms with van der Waals surface area (Å²) in [7, 11) is 0. The highest BCUT2D eigenvalue weighted by Gasteiger charge is 1.99. The first-order chi connectivity index (χ1) is 5.84. The van der Waals surface area contributed by atoms with Crippen molar-refractivity contribution >= 4 is 17.2 Å². The molecule has 0 saturated heterocycles. The van der Waals surface area contributed by atoms with Crippen LogP contribution >= 0.6 is 11.3 Å². The predicted molar refractivity (Wildman–Crippen MR) is 50.1 cm³/mol. The Balaban J connectivity index is 2.14. The van der Waals surface area contributed by atoms with Crippen LogP contribution in [0, 0.1) is 0 Å². The summed E-state index contributed by atoms with van der Waals surface area (Å²) < 4.78 is 0. The van der Waals surface area contributed by atoms with Gasteiger partial charge in [-0.2, -0.15) is 5.10 Å². The first-order valence-corrected chi connectivity index (χ1v) is 4.55. The van der Waals surface area contributed by atoms with Gasteiger partial charge in [-0.25, -0.2) is 0 Å². The normalized spacial score (nSPS) is 10.3. The van der Waals surface area contributed by atoms with E-state index in [9.17, 15) is 0 Å². The lowest BCUT2D eigenvalue weighted by Crippen LogP contribution is -1.83. The zero-order valence-corrected chi connectivity index (χ0v) is 7.27. The maximum Gasteiger partial charge on any atom is 0.145 e. The second-order valence-corrected chi connectivity index (χ2v) is 3.61. The van der Waals surface area contributed by atoms with E-state index in [1.165, 1.54) is 4.88 Å². The van der Waals surface area contributed by atoms with Crippen LogP contribution in [-0.4, -0.2) is 10.2 Å². The van der Waals surface area contributed by atoms with Crippen molar-refractivity contribution in [1.29, 1.82) is 0 Å². The number of H-pyrrole nitrogens is 1. The van der Waals surface area contributed by atoms with E-state index in [0.717, 1.165) is 12.1 Å². The van der Waals surface area contributed by atoms with Gasteiger partial charge in [0.05, 0.1) is 0 Å². The van der Waals surface area contributed by atoms with Crippen LogP contribution in [0.25, 0.3) is 0 Å². The van der Waals surface area contributed by atoms with Gasteiger partial charge in [0.1, 0.15) is 5.82 Å². The molecule has 62 valence electrons. The molecule has 2 rings (SSSR count). The van der Waals surface area contributed by atoms with Crippen molar-refractivity contribution in [3.8, 4) is 0 Å². The van der Waals surface area contributed by atoms with Crippen LogP contribution in [-0.2, 0) is 6.42 Å². The molecule has 0 amide bonds. The number of aromatic amines is 1. The van der Waals surface area contributed by atoms with E-state index in [1.54, 1.807) is 11.3 Å². The third kappa shape index (κ3) is 1.48. The lowest BCUT2D eigenvalue weighted by atomic mass is 10.3. The van der Waals surface area contributed by atoms with Crippen LogP contribution in [0.1, 0.15) is 10.6 Å². The van der Waals surface area contributed by atoms with E-state index in [-0.39, 0.29) is 0 Å². The number of nitrogens with two attached hydrogens (primary N) is 1. The van der Waals surface area contributed by atoms with Gasteiger partial charge < -0.3 is 5.73 Å². The van der Waals surface area contributed by atoms with Gasteiger partial charge in [-0.05, 0) is 11.4 Å². The van der Waals surface area contributed by atoms with Crippen molar-refractivity contribution in [3.05, 3.63) is 34.2 Å². The number of hydrogen-bond acceptors (Lipinski definition) is 3. The Labute approximate surface area is 74.2 Å². The zero-order valence-electron chi connectivity index (χ0n) is 6.45. The number of nitrogens with one attached hydrogen (secondary N) is 1. The van der Waals surface area contributed by atoms with Gasteiger partial charge in [-0.1, -0.05) is 6.07 Å². The first-order valence-electron chi connectivity index (χ1n) is 3.67. The van der Waals surface area contributed by atoms with E-state index in [1.807, 2.05) is 12.1 Å². The molecular formula is C8H9N3S. The second-order valence-electron chi connectivity index (χ2n) is 2.57. The molecule has 0 aliphatic heterocycles. The summed E-state index contributed by atoms with van der Waals surface area (Å²) in [6.07, 6.45) is 0.891.